The Morgan fingerprint density at radius 3 is 2.50 bits per heavy atom. The number of hydrazone groups is 1. The third kappa shape index (κ3) is 4.21. The summed E-state index contributed by atoms with van der Waals surface area (Å²) in [7, 11) is 3.10. The summed E-state index contributed by atoms with van der Waals surface area (Å²) in [5.41, 5.74) is 6.54. The van der Waals surface area contributed by atoms with E-state index in [0.29, 0.717) is 23.1 Å². The van der Waals surface area contributed by atoms with Crippen LogP contribution in [0.5, 0.6) is 11.5 Å². The van der Waals surface area contributed by atoms with E-state index in [1.807, 2.05) is 0 Å². The number of aryl methyl sites for hydroxylation is 1. The van der Waals surface area contributed by atoms with Crippen molar-refractivity contribution in [3.8, 4) is 11.5 Å². The van der Waals surface area contributed by atoms with E-state index in [1.165, 1.54) is 43.5 Å². The van der Waals surface area contributed by atoms with Crippen molar-refractivity contribution in [2.24, 2.45) is 5.10 Å². The fourth-order valence-electron chi connectivity index (χ4n) is 4.04. The number of nitrogens with zero attached hydrogens (tertiary/aromatic N) is 2. The topological polar surface area (TPSA) is 64.8 Å². The van der Waals surface area contributed by atoms with Gasteiger partial charge in [0, 0.05) is 28.6 Å². The van der Waals surface area contributed by atoms with Crippen LogP contribution in [0.15, 0.2) is 29.4 Å². The third-order valence-electron chi connectivity index (χ3n) is 5.48. The van der Waals surface area contributed by atoms with Crippen LogP contribution < -0.4 is 14.9 Å². The van der Waals surface area contributed by atoms with Gasteiger partial charge in [-0.05, 0) is 51.0 Å². The smallest absolute Gasteiger partial charge is 0.271 e. The van der Waals surface area contributed by atoms with Crippen molar-refractivity contribution in [3.05, 3.63) is 46.8 Å². The normalized spacial score (nSPS) is 15.0. The van der Waals surface area contributed by atoms with Gasteiger partial charge in [-0.3, -0.25) is 4.79 Å². The minimum Gasteiger partial charge on any atom is -0.493 e. The number of methoxy groups -OCH3 is 2. The molecule has 0 saturated heterocycles. The first-order valence-electron chi connectivity index (χ1n) is 9.79. The van der Waals surface area contributed by atoms with Crippen molar-refractivity contribution in [3.63, 3.8) is 0 Å². The van der Waals surface area contributed by atoms with E-state index in [4.69, 9.17) is 9.47 Å². The molecule has 6 nitrogen and oxygen atoms in total. The largest absolute Gasteiger partial charge is 0.493 e. The zero-order valence-electron chi connectivity index (χ0n) is 17.1. The molecule has 1 fully saturated rings. The predicted octanol–water partition coefficient (Wildman–Crippen LogP) is 4.39. The first-order valence-corrected chi connectivity index (χ1v) is 9.79. The molecule has 0 unspecified atom stereocenters. The van der Waals surface area contributed by atoms with Gasteiger partial charge in [0.25, 0.3) is 5.91 Å². The quantitative estimate of drug-likeness (QED) is 0.594. The lowest BCUT2D eigenvalue weighted by Gasteiger charge is -2.26. The molecule has 1 aromatic heterocycles. The van der Waals surface area contributed by atoms with E-state index in [-0.39, 0.29) is 5.91 Å². The molecule has 1 aliphatic carbocycles. The van der Waals surface area contributed by atoms with E-state index < -0.39 is 0 Å². The maximum Gasteiger partial charge on any atom is 0.271 e. The van der Waals surface area contributed by atoms with Crippen LogP contribution in [-0.4, -0.2) is 30.9 Å². The van der Waals surface area contributed by atoms with Crippen molar-refractivity contribution >= 4 is 12.1 Å². The Kier molecular flexibility index (Phi) is 6.39. The molecule has 150 valence electrons. The summed E-state index contributed by atoms with van der Waals surface area (Å²) >= 11 is 0. The number of rotatable bonds is 6. The lowest BCUT2D eigenvalue weighted by atomic mass is 9.95. The molecule has 0 atom stereocenters. The summed E-state index contributed by atoms with van der Waals surface area (Å²) < 4.78 is 12.9. The monoisotopic (exact) mass is 383 g/mol. The lowest BCUT2D eigenvalue weighted by Crippen LogP contribution is -2.18. The molecule has 1 amide bonds. The Morgan fingerprint density at radius 1 is 1.11 bits per heavy atom. The first-order chi connectivity index (χ1) is 13.5. The zero-order valence-corrected chi connectivity index (χ0v) is 17.1. The maximum absolute atomic E-state index is 12.4. The Labute approximate surface area is 166 Å². The summed E-state index contributed by atoms with van der Waals surface area (Å²) in [6.07, 6.45) is 8.14. The minimum absolute atomic E-state index is 0.293. The highest BCUT2D eigenvalue weighted by molar-refractivity contribution is 5.95. The Morgan fingerprint density at radius 2 is 1.82 bits per heavy atom. The number of nitrogens with one attached hydrogen (secondary N) is 1. The number of carbonyl (C=O) groups excluding carboxylic acids is 1. The molecule has 0 spiro atoms. The van der Waals surface area contributed by atoms with E-state index in [2.05, 4.69) is 35.0 Å². The van der Waals surface area contributed by atoms with Crippen LogP contribution >= 0.6 is 0 Å². The Hall–Kier alpha value is -2.76. The van der Waals surface area contributed by atoms with Crippen molar-refractivity contribution in [1.82, 2.24) is 9.99 Å². The average Bonchev–Trinajstić information content (AvgIpc) is 3.01. The first kappa shape index (κ1) is 20.0. The van der Waals surface area contributed by atoms with Gasteiger partial charge in [-0.1, -0.05) is 19.3 Å². The zero-order chi connectivity index (χ0) is 20.1. The Balaban J connectivity index is 1.70. The number of hydrogen-bond acceptors (Lipinski definition) is 4. The molecular formula is C22H29N3O3. The van der Waals surface area contributed by atoms with Crippen LogP contribution in [0, 0.1) is 13.8 Å². The fourth-order valence-corrected chi connectivity index (χ4v) is 4.04. The molecule has 6 heteroatoms. The van der Waals surface area contributed by atoms with Crippen LogP contribution in [0.25, 0.3) is 0 Å². The number of hydrogen-bond donors (Lipinski definition) is 1. The fraction of sp³-hybridized carbons (Fsp3) is 0.455. The highest BCUT2D eigenvalue weighted by atomic mass is 16.5. The minimum atomic E-state index is -0.293. The number of carbonyl (C=O) groups is 1. The van der Waals surface area contributed by atoms with Gasteiger partial charge in [-0.15, -0.1) is 0 Å². The van der Waals surface area contributed by atoms with Crippen LogP contribution in [0.4, 0.5) is 0 Å². The van der Waals surface area contributed by atoms with Crippen LogP contribution in [-0.2, 0) is 0 Å². The highest BCUT2D eigenvalue weighted by Gasteiger charge is 2.19. The molecule has 0 bridgehead atoms. The van der Waals surface area contributed by atoms with E-state index in [1.54, 1.807) is 38.6 Å². The second-order valence-electron chi connectivity index (χ2n) is 7.26. The second-order valence-corrected chi connectivity index (χ2v) is 7.26. The molecule has 1 saturated carbocycles. The SMILES string of the molecule is COc1ccc(C(=O)N/N=C\c2cc(C)n(C3CCCCC3)c2C)cc1OC. The summed E-state index contributed by atoms with van der Waals surface area (Å²) in [6.45, 7) is 4.26. The summed E-state index contributed by atoms with van der Waals surface area (Å²) in [5.74, 6) is 0.797. The number of aromatic nitrogens is 1. The van der Waals surface area contributed by atoms with Gasteiger partial charge < -0.3 is 14.0 Å². The summed E-state index contributed by atoms with van der Waals surface area (Å²) in [6, 6.07) is 7.74. The molecule has 2 aromatic rings. The number of amides is 1. The predicted molar refractivity (Wildman–Crippen MR) is 111 cm³/mol. The summed E-state index contributed by atoms with van der Waals surface area (Å²) in [5, 5.41) is 4.17. The second kappa shape index (κ2) is 8.95. The molecule has 1 aromatic carbocycles. The van der Waals surface area contributed by atoms with Gasteiger partial charge in [-0.25, -0.2) is 5.43 Å². The summed E-state index contributed by atoms with van der Waals surface area (Å²) in [4.78, 5) is 12.4. The highest BCUT2D eigenvalue weighted by Crippen LogP contribution is 2.32. The van der Waals surface area contributed by atoms with Gasteiger partial charge >= 0.3 is 0 Å². The standard InChI is InChI=1S/C22H29N3O3/c1-15-12-18(16(2)25(15)19-8-6-5-7-9-19)14-23-24-22(26)17-10-11-20(27-3)21(13-17)28-4/h10-14,19H,5-9H2,1-4H3,(H,24,26)/b23-14-. The van der Waals surface area contributed by atoms with Crippen molar-refractivity contribution in [2.45, 2.75) is 52.0 Å². The van der Waals surface area contributed by atoms with Crippen LogP contribution in [0.2, 0.25) is 0 Å². The molecule has 3 rings (SSSR count). The maximum atomic E-state index is 12.4. The van der Waals surface area contributed by atoms with Gasteiger partial charge in [-0.2, -0.15) is 5.10 Å². The van der Waals surface area contributed by atoms with Crippen molar-refractivity contribution in [1.29, 1.82) is 0 Å². The van der Waals surface area contributed by atoms with Crippen LogP contribution in [0.1, 0.15) is 65.5 Å². The van der Waals surface area contributed by atoms with Gasteiger partial charge in [0.05, 0.1) is 20.4 Å². The van der Waals surface area contributed by atoms with Gasteiger partial charge in [0.1, 0.15) is 0 Å². The van der Waals surface area contributed by atoms with Crippen molar-refractivity contribution in [2.75, 3.05) is 14.2 Å². The molecule has 28 heavy (non-hydrogen) atoms. The van der Waals surface area contributed by atoms with E-state index >= 15 is 0 Å². The molecule has 1 N–H and O–H groups in total. The van der Waals surface area contributed by atoms with Crippen molar-refractivity contribution < 1.29 is 14.3 Å². The molecule has 1 aliphatic rings. The van der Waals surface area contributed by atoms with E-state index in [0.717, 1.165) is 5.56 Å². The molecular weight excluding hydrogens is 354 g/mol. The Bertz CT molecular complexity index is 864. The van der Waals surface area contributed by atoms with Crippen LogP contribution in [0.3, 0.4) is 0 Å². The molecule has 0 radical (unpaired) electrons. The molecule has 1 heterocycles. The number of benzene rings is 1. The molecule has 0 aliphatic heterocycles. The third-order valence-corrected chi connectivity index (χ3v) is 5.48. The lowest BCUT2D eigenvalue weighted by molar-refractivity contribution is 0.0954. The average molecular weight is 383 g/mol. The number of ether oxygens (including phenoxy) is 2. The van der Waals surface area contributed by atoms with Gasteiger partial charge in [0.2, 0.25) is 0 Å². The van der Waals surface area contributed by atoms with E-state index in [9.17, 15) is 4.79 Å². The van der Waals surface area contributed by atoms with Gasteiger partial charge in [0.15, 0.2) is 11.5 Å².